The van der Waals surface area contributed by atoms with Crippen molar-refractivity contribution in [3.8, 4) is 0 Å². The summed E-state index contributed by atoms with van der Waals surface area (Å²) in [6.45, 7) is 8.63. The van der Waals surface area contributed by atoms with Crippen molar-refractivity contribution in [1.29, 1.82) is 0 Å². The van der Waals surface area contributed by atoms with E-state index in [1.165, 1.54) is 31.0 Å². The fraction of sp³-hybridized carbons (Fsp3) is 0.647. The van der Waals surface area contributed by atoms with Crippen LogP contribution in [0.25, 0.3) is 0 Å². The molecule has 1 aliphatic rings. The number of rotatable bonds is 2. The first-order valence-corrected chi connectivity index (χ1v) is 7.28. The second-order valence-electron chi connectivity index (χ2n) is 6.85. The Morgan fingerprint density at radius 3 is 2.47 bits per heavy atom. The van der Waals surface area contributed by atoms with Gasteiger partial charge in [-0.2, -0.15) is 0 Å². The van der Waals surface area contributed by atoms with E-state index in [1.807, 2.05) is 0 Å². The van der Waals surface area contributed by atoms with Gasteiger partial charge in [0.05, 0.1) is 0 Å². The summed E-state index contributed by atoms with van der Waals surface area (Å²) in [6.07, 6.45) is 3.54. The van der Waals surface area contributed by atoms with Gasteiger partial charge in [0.2, 0.25) is 0 Å². The van der Waals surface area contributed by atoms with Gasteiger partial charge in [0.25, 0.3) is 0 Å². The molecule has 19 heavy (non-hydrogen) atoms. The van der Waals surface area contributed by atoms with E-state index in [0.29, 0.717) is 23.3 Å². The van der Waals surface area contributed by atoms with Crippen LogP contribution in [-0.4, -0.2) is 0 Å². The molecule has 0 nitrogen and oxygen atoms in total. The zero-order valence-electron chi connectivity index (χ0n) is 12.3. The van der Waals surface area contributed by atoms with Crippen molar-refractivity contribution in [3.63, 3.8) is 0 Å². The molecule has 3 unspecified atom stereocenters. The summed E-state index contributed by atoms with van der Waals surface area (Å²) in [6, 6.07) is 3.83. The maximum absolute atomic E-state index is 14.1. The van der Waals surface area contributed by atoms with Crippen molar-refractivity contribution in [2.75, 3.05) is 0 Å². The van der Waals surface area contributed by atoms with Crippen molar-refractivity contribution in [2.45, 2.75) is 52.4 Å². The summed E-state index contributed by atoms with van der Waals surface area (Å²) in [4.78, 5) is 0. The van der Waals surface area contributed by atoms with Crippen LogP contribution in [0.15, 0.2) is 18.2 Å². The normalized spacial score (nSPS) is 28.4. The molecular formula is C17H24F2. The lowest BCUT2D eigenvalue weighted by Crippen LogP contribution is -2.38. The Balaban J connectivity index is 2.37. The quantitative estimate of drug-likeness (QED) is 0.680. The van der Waals surface area contributed by atoms with E-state index >= 15 is 0 Å². The smallest absolute Gasteiger partial charge is 0.127 e. The molecule has 0 aliphatic heterocycles. The average Bonchev–Trinajstić information content (AvgIpc) is 2.35. The van der Waals surface area contributed by atoms with Gasteiger partial charge in [-0.05, 0) is 53.4 Å². The Morgan fingerprint density at radius 1 is 1.11 bits per heavy atom. The minimum atomic E-state index is -0.346. The topological polar surface area (TPSA) is 0 Å². The molecule has 0 aromatic heterocycles. The summed E-state index contributed by atoms with van der Waals surface area (Å²) in [5.74, 6) is 1.02. The molecule has 0 radical (unpaired) electrons. The monoisotopic (exact) mass is 266 g/mol. The van der Waals surface area contributed by atoms with E-state index in [1.54, 1.807) is 0 Å². The van der Waals surface area contributed by atoms with Crippen LogP contribution < -0.4 is 0 Å². The van der Waals surface area contributed by atoms with Gasteiger partial charge in [-0.3, -0.25) is 0 Å². The Morgan fingerprint density at radius 2 is 1.79 bits per heavy atom. The first kappa shape index (κ1) is 14.5. The maximum Gasteiger partial charge on any atom is 0.127 e. The zero-order valence-corrected chi connectivity index (χ0v) is 12.3. The lowest BCUT2D eigenvalue weighted by atomic mass is 9.61. The third kappa shape index (κ3) is 2.82. The largest absolute Gasteiger partial charge is 0.207 e. The average molecular weight is 266 g/mol. The minimum Gasteiger partial charge on any atom is -0.207 e. The van der Waals surface area contributed by atoms with Crippen molar-refractivity contribution < 1.29 is 8.78 Å². The van der Waals surface area contributed by atoms with Gasteiger partial charge in [-0.25, -0.2) is 8.78 Å². The molecule has 0 amide bonds. The molecule has 1 aromatic rings. The van der Waals surface area contributed by atoms with Gasteiger partial charge in [0.1, 0.15) is 11.6 Å². The van der Waals surface area contributed by atoms with Gasteiger partial charge >= 0.3 is 0 Å². The Hall–Kier alpha value is -0.920. The van der Waals surface area contributed by atoms with Crippen molar-refractivity contribution in [2.24, 2.45) is 17.8 Å². The van der Waals surface area contributed by atoms with E-state index in [-0.39, 0.29) is 17.0 Å². The second kappa shape index (κ2) is 5.22. The van der Waals surface area contributed by atoms with Crippen molar-refractivity contribution in [3.05, 3.63) is 35.4 Å². The highest BCUT2D eigenvalue weighted by Crippen LogP contribution is 2.46. The number of hydrogen-bond donors (Lipinski definition) is 0. The maximum atomic E-state index is 14.1. The molecule has 0 bridgehead atoms. The summed E-state index contributed by atoms with van der Waals surface area (Å²) < 4.78 is 27.5. The van der Waals surface area contributed by atoms with Crippen LogP contribution in [0.1, 0.15) is 52.5 Å². The molecule has 0 heterocycles. The molecule has 2 rings (SSSR count). The number of halogens is 2. The molecule has 0 spiro atoms. The van der Waals surface area contributed by atoms with Crippen LogP contribution in [-0.2, 0) is 5.41 Å². The van der Waals surface area contributed by atoms with E-state index in [2.05, 4.69) is 27.7 Å². The lowest BCUT2D eigenvalue weighted by molar-refractivity contribution is 0.127. The van der Waals surface area contributed by atoms with Gasteiger partial charge in [0.15, 0.2) is 0 Å². The Labute approximate surface area is 115 Å². The summed E-state index contributed by atoms with van der Waals surface area (Å²) in [5.41, 5.74) is 0.207. The van der Waals surface area contributed by atoms with Gasteiger partial charge in [0, 0.05) is 0 Å². The van der Waals surface area contributed by atoms with Gasteiger partial charge in [-0.1, -0.05) is 40.5 Å². The molecule has 3 atom stereocenters. The van der Waals surface area contributed by atoms with Crippen LogP contribution in [0.4, 0.5) is 8.78 Å². The van der Waals surface area contributed by atoms with E-state index < -0.39 is 0 Å². The molecular weight excluding hydrogens is 242 g/mol. The van der Waals surface area contributed by atoms with E-state index in [0.717, 1.165) is 6.42 Å². The number of benzene rings is 1. The Kier molecular flexibility index (Phi) is 3.98. The predicted octanol–water partition coefficient (Wildman–Crippen LogP) is 5.31. The summed E-state index contributed by atoms with van der Waals surface area (Å²) in [5, 5.41) is 0. The van der Waals surface area contributed by atoms with Crippen LogP contribution in [0.3, 0.4) is 0 Å². The third-order valence-corrected chi connectivity index (χ3v) is 5.01. The molecule has 1 saturated carbocycles. The standard InChI is InChI=1S/C17H24F2/c1-11-5-6-12(2)14(9-11)17(3,4)15-10-13(18)7-8-16(15)19/h7-8,10-12,14H,5-6,9H2,1-4H3. The van der Waals surface area contributed by atoms with Gasteiger partial charge in [-0.15, -0.1) is 0 Å². The molecule has 1 aliphatic carbocycles. The van der Waals surface area contributed by atoms with E-state index in [9.17, 15) is 8.78 Å². The van der Waals surface area contributed by atoms with Gasteiger partial charge < -0.3 is 0 Å². The summed E-state index contributed by atoms with van der Waals surface area (Å²) in [7, 11) is 0. The van der Waals surface area contributed by atoms with Crippen LogP contribution in [0.2, 0.25) is 0 Å². The fourth-order valence-electron chi connectivity index (χ4n) is 3.73. The first-order chi connectivity index (χ1) is 8.82. The van der Waals surface area contributed by atoms with Crippen molar-refractivity contribution in [1.82, 2.24) is 0 Å². The highest BCUT2D eigenvalue weighted by molar-refractivity contribution is 5.27. The van der Waals surface area contributed by atoms with Crippen LogP contribution in [0, 0.1) is 29.4 Å². The zero-order chi connectivity index (χ0) is 14.2. The molecule has 1 fully saturated rings. The minimum absolute atomic E-state index is 0.281. The fourth-order valence-corrected chi connectivity index (χ4v) is 3.73. The number of hydrogen-bond acceptors (Lipinski definition) is 0. The van der Waals surface area contributed by atoms with Crippen LogP contribution in [0.5, 0.6) is 0 Å². The molecule has 2 heteroatoms. The SMILES string of the molecule is CC1CCC(C)C(C(C)(C)c2cc(F)ccc2F)C1. The highest BCUT2D eigenvalue weighted by Gasteiger charge is 2.39. The molecule has 0 saturated heterocycles. The molecule has 1 aromatic carbocycles. The first-order valence-electron chi connectivity index (χ1n) is 7.28. The van der Waals surface area contributed by atoms with Crippen molar-refractivity contribution >= 4 is 0 Å². The summed E-state index contributed by atoms with van der Waals surface area (Å²) >= 11 is 0. The Bertz CT molecular complexity index is 451. The third-order valence-electron chi connectivity index (χ3n) is 5.01. The van der Waals surface area contributed by atoms with Crippen LogP contribution >= 0.6 is 0 Å². The second-order valence-corrected chi connectivity index (χ2v) is 6.85. The molecule has 0 N–H and O–H groups in total. The lowest BCUT2D eigenvalue weighted by Gasteiger charge is -2.43. The van der Waals surface area contributed by atoms with E-state index in [4.69, 9.17) is 0 Å². The predicted molar refractivity (Wildman–Crippen MR) is 75.1 cm³/mol. The molecule has 106 valence electrons. The highest BCUT2D eigenvalue weighted by atomic mass is 19.1.